The highest BCUT2D eigenvalue weighted by atomic mass is 79.9. The second-order valence-electron chi connectivity index (χ2n) is 5.11. The molecule has 3 heteroatoms. The standard InChI is InChI=1S/C15H21BrO2/c1-2-11-18-14-7-9-15(17,10-8-14)12-3-5-13(16)6-4-12/h3-6,14,17H,2,7-11H2,1H3. The van der Waals surface area contributed by atoms with Gasteiger partial charge >= 0.3 is 0 Å². The van der Waals surface area contributed by atoms with Crippen LogP contribution in [-0.2, 0) is 10.3 Å². The van der Waals surface area contributed by atoms with E-state index in [9.17, 15) is 5.11 Å². The van der Waals surface area contributed by atoms with Gasteiger partial charge in [0.25, 0.3) is 0 Å². The summed E-state index contributed by atoms with van der Waals surface area (Å²) in [5, 5.41) is 10.7. The van der Waals surface area contributed by atoms with Gasteiger partial charge in [0, 0.05) is 11.1 Å². The number of ether oxygens (including phenoxy) is 1. The Bertz CT molecular complexity index is 367. The minimum atomic E-state index is -0.660. The molecule has 0 saturated heterocycles. The molecule has 1 fully saturated rings. The third-order valence-corrected chi connectivity index (χ3v) is 4.23. The van der Waals surface area contributed by atoms with Crippen LogP contribution < -0.4 is 0 Å². The minimum Gasteiger partial charge on any atom is -0.385 e. The molecule has 0 aromatic heterocycles. The molecule has 1 N–H and O–H groups in total. The average molecular weight is 313 g/mol. The molecule has 0 spiro atoms. The zero-order valence-electron chi connectivity index (χ0n) is 10.9. The van der Waals surface area contributed by atoms with Crippen LogP contribution in [0.3, 0.4) is 0 Å². The number of hydrogen-bond acceptors (Lipinski definition) is 2. The predicted octanol–water partition coefficient (Wildman–Crippen LogP) is 4.01. The van der Waals surface area contributed by atoms with Gasteiger partial charge in [0.05, 0.1) is 11.7 Å². The molecule has 1 aliphatic carbocycles. The lowest BCUT2D eigenvalue weighted by Crippen LogP contribution is -2.34. The first-order valence-electron chi connectivity index (χ1n) is 6.74. The van der Waals surface area contributed by atoms with E-state index in [1.165, 1.54) is 0 Å². The van der Waals surface area contributed by atoms with Gasteiger partial charge in [-0.3, -0.25) is 0 Å². The third-order valence-electron chi connectivity index (χ3n) is 3.70. The molecule has 100 valence electrons. The van der Waals surface area contributed by atoms with Gasteiger partial charge in [-0.05, 0) is 49.8 Å². The number of halogens is 1. The molecule has 1 aliphatic rings. The van der Waals surface area contributed by atoms with E-state index in [0.29, 0.717) is 6.10 Å². The van der Waals surface area contributed by atoms with E-state index in [-0.39, 0.29) is 0 Å². The van der Waals surface area contributed by atoms with Crippen molar-refractivity contribution in [3.8, 4) is 0 Å². The molecule has 1 saturated carbocycles. The Morgan fingerprint density at radius 2 is 1.89 bits per heavy atom. The van der Waals surface area contributed by atoms with Crippen molar-refractivity contribution >= 4 is 15.9 Å². The molecule has 0 amide bonds. The van der Waals surface area contributed by atoms with Gasteiger partial charge in [-0.1, -0.05) is 35.0 Å². The van der Waals surface area contributed by atoms with Crippen LogP contribution in [0.2, 0.25) is 0 Å². The number of rotatable bonds is 4. The summed E-state index contributed by atoms with van der Waals surface area (Å²) in [6.45, 7) is 2.96. The molecular formula is C15H21BrO2. The molecule has 0 heterocycles. The SMILES string of the molecule is CCCOC1CCC(O)(c2ccc(Br)cc2)CC1. The molecule has 2 nitrogen and oxygen atoms in total. The Morgan fingerprint density at radius 1 is 1.28 bits per heavy atom. The van der Waals surface area contributed by atoms with Crippen molar-refractivity contribution in [2.45, 2.75) is 50.7 Å². The van der Waals surface area contributed by atoms with Crippen LogP contribution in [0.1, 0.15) is 44.6 Å². The van der Waals surface area contributed by atoms with Gasteiger partial charge in [0.15, 0.2) is 0 Å². The van der Waals surface area contributed by atoms with E-state index < -0.39 is 5.60 Å². The monoisotopic (exact) mass is 312 g/mol. The predicted molar refractivity (Wildman–Crippen MR) is 76.5 cm³/mol. The second-order valence-corrected chi connectivity index (χ2v) is 6.02. The van der Waals surface area contributed by atoms with E-state index >= 15 is 0 Å². The van der Waals surface area contributed by atoms with Gasteiger partial charge < -0.3 is 9.84 Å². The summed E-state index contributed by atoms with van der Waals surface area (Å²) in [7, 11) is 0. The summed E-state index contributed by atoms with van der Waals surface area (Å²) in [5.74, 6) is 0. The van der Waals surface area contributed by atoms with Crippen LogP contribution in [0.25, 0.3) is 0 Å². The van der Waals surface area contributed by atoms with Crippen LogP contribution in [-0.4, -0.2) is 17.8 Å². The molecule has 0 bridgehead atoms. The second kappa shape index (κ2) is 6.18. The zero-order chi connectivity index (χ0) is 13.0. The number of hydrogen-bond donors (Lipinski definition) is 1. The van der Waals surface area contributed by atoms with E-state index in [1.807, 2.05) is 24.3 Å². The van der Waals surface area contributed by atoms with Crippen LogP contribution >= 0.6 is 15.9 Å². The third kappa shape index (κ3) is 3.34. The van der Waals surface area contributed by atoms with Crippen LogP contribution in [0, 0.1) is 0 Å². The van der Waals surface area contributed by atoms with Crippen LogP contribution in [0.4, 0.5) is 0 Å². The Morgan fingerprint density at radius 3 is 2.44 bits per heavy atom. The van der Waals surface area contributed by atoms with Crippen molar-refractivity contribution in [3.63, 3.8) is 0 Å². The highest BCUT2D eigenvalue weighted by Crippen LogP contribution is 2.38. The molecular weight excluding hydrogens is 292 g/mol. The first kappa shape index (κ1) is 14.0. The zero-order valence-corrected chi connectivity index (χ0v) is 12.4. The smallest absolute Gasteiger partial charge is 0.0898 e. The van der Waals surface area contributed by atoms with Crippen molar-refractivity contribution < 1.29 is 9.84 Å². The Balaban J connectivity index is 1.96. The fourth-order valence-corrected chi connectivity index (χ4v) is 2.83. The lowest BCUT2D eigenvalue weighted by Gasteiger charge is -2.36. The lowest BCUT2D eigenvalue weighted by molar-refractivity contribution is -0.0592. The molecule has 2 rings (SSSR count). The maximum Gasteiger partial charge on any atom is 0.0898 e. The van der Waals surface area contributed by atoms with Crippen molar-refractivity contribution in [1.29, 1.82) is 0 Å². The lowest BCUT2D eigenvalue weighted by atomic mass is 9.78. The quantitative estimate of drug-likeness (QED) is 0.910. The van der Waals surface area contributed by atoms with Crippen LogP contribution in [0.15, 0.2) is 28.7 Å². The Kier molecular flexibility index (Phi) is 4.82. The largest absolute Gasteiger partial charge is 0.385 e. The number of benzene rings is 1. The maximum absolute atomic E-state index is 10.7. The van der Waals surface area contributed by atoms with E-state index in [4.69, 9.17) is 4.74 Å². The first-order chi connectivity index (χ1) is 8.64. The molecule has 1 aromatic rings. The summed E-state index contributed by atoms with van der Waals surface area (Å²) in [4.78, 5) is 0. The highest BCUT2D eigenvalue weighted by molar-refractivity contribution is 9.10. The molecule has 0 atom stereocenters. The summed E-state index contributed by atoms with van der Waals surface area (Å²) < 4.78 is 6.81. The fraction of sp³-hybridized carbons (Fsp3) is 0.600. The molecule has 0 aliphatic heterocycles. The summed E-state index contributed by atoms with van der Waals surface area (Å²) in [6, 6.07) is 8.01. The normalized spacial score (nSPS) is 28.3. The van der Waals surface area contributed by atoms with Gasteiger partial charge in [0.1, 0.15) is 0 Å². The van der Waals surface area contributed by atoms with Gasteiger partial charge in [-0.15, -0.1) is 0 Å². The molecule has 0 unspecified atom stereocenters. The van der Waals surface area contributed by atoms with E-state index in [1.54, 1.807) is 0 Å². The van der Waals surface area contributed by atoms with Crippen molar-refractivity contribution in [2.75, 3.05) is 6.61 Å². The van der Waals surface area contributed by atoms with Crippen molar-refractivity contribution in [1.82, 2.24) is 0 Å². The average Bonchev–Trinajstić information content (AvgIpc) is 2.39. The molecule has 18 heavy (non-hydrogen) atoms. The van der Waals surface area contributed by atoms with Gasteiger partial charge in [-0.2, -0.15) is 0 Å². The topological polar surface area (TPSA) is 29.5 Å². The van der Waals surface area contributed by atoms with E-state index in [0.717, 1.165) is 48.7 Å². The minimum absolute atomic E-state index is 0.334. The van der Waals surface area contributed by atoms with Crippen molar-refractivity contribution in [3.05, 3.63) is 34.3 Å². The van der Waals surface area contributed by atoms with Crippen molar-refractivity contribution in [2.24, 2.45) is 0 Å². The number of aliphatic hydroxyl groups is 1. The van der Waals surface area contributed by atoms with Crippen LogP contribution in [0.5, 0.6) is 0 Å². The molecule has 1 aromatic carbocycles. The van der Waals surface area contributed by atoms with Gasteiger partial charge in [0.2, 0.25) is 0 Å². The summed E-state index contributed by atoms with van der Waals surface area (Å²) in [5.41, 5.74) is 0.368. The first-order valence-corrected chi connectivity index (χ1v) is 7.53. The maximum atomic E-state index is 10.7. The summed E-state index contributed by atoms with van der Waals surface area (Å²) in [6.07, 6.45) is 4.89. The fourth-order valence-electron chi connectivity index (χ4n) is 2.57. The Hall–Kier alpha value is -0.380. The highest BCUT2D eigenvalue weighted by Gasteiger charge is 2.34. The van der Waals surface area contributed by atoms with E-state index in [2.05, 4.69) is 22.9 Å². The molecule has 0 radical (unpaired) electrons. The van der Waals surface area contributed by atoms with Gasteiger partial charge in [-0.25, -0.2) is 0 Å². The Labute approximate surface area is 117 Å². The summed E-state index contributed by atoms with van der Waals surface area (Å²) >= 11 is 3.42.